The van der Waals surface area contributed by atoms with Crippen molar-refractivity contribution in [1.29, 1.82) is 0 Å². The summed E-state index contributed by atoms with van der Waals surface area (Å²) in [6, 6.07) is 8.12. The second-order valence-corrected chi connectivity index (χ2v) is 4.19. The average molecular weight is 262 g/mol. The second-order valence-electron chi connectivity index (χ2n) is 4.19. The predicted molar refractivity (Wildman–Crippen MR) is 79.5 cm³/mol. The first kappa shape index (κ1) is 7.11. The molecule has 0 spiro atoms. The van der Waals surface area contributed by atoms with Crippen molar-refractivity contribution in [2.45, 2.75) is 19.4 Å². The molecule has 0 bridgehead atoms. The summed E-state index contributed by atoms with van der Waals surface area (Å²) in [6.07, 6.45) is -0.228. The molecule has 0 heterocycles. The fourth-order valence-corrected chi connectivity index (χ4v) is 1.79. The molecule has 0 fully saturated rings. The molecule has 0 saturated heterocycles. The number of para-hydroxylation sites is 1. The van der Waals surface area contributed by atoms with Gasteiger partial charge in [-0.15, -0.1) is 0 Å². The van der Waals surface area contributed by atoms with Gasteiger partial charge in [-0.3, -0.25) is 0 Å². The lowest BCUT2D eigenvalue weighted by Gasteiger charge is -2.20. The van der Waals surface area contributed by atoms with Gasteiger partial charge in [-0.2, -0.15) is 0 Å². The van der Waals surface area contributed by atoms with Crippen molar-refractivity contribution in [2.24, 2.45) is 0 Å². The molecule has 0 aliphatic carbocycles. The van der Waals surface area contributed by atoms with Gasteiger partial charge in [0.2, 0.25) is 0 Å². The van der Waals surface area contributed by atoms with E-state index in [1.165, 1.54) is 0 Å². The zero-order valence-electron chi connectivity index (χ0n) is 17.8. The number of nitrogens with one attached hydrogen (secondary N) is 1. The quantitative estimate of drug-likeness (QED) is 0.856. The largest absolute Gasteiger partial charge is 0.485 e. The van der Waals surface area contributed by atoms with Crippen LogP contribution in [-0.4, -0.2) is 13.5 Å². The number of hydrogen-bond donors (Lipinski definition) is 1. The van der Waals surface area contributed by atoms with E-state index >= 15 is 0 Å². The fraction of sp³-hybridized carbons (Fsp3) is 0.294. The summed E-state index contributed by atoms with van der Waals surface area (Å²) < 4.78 is 59.2. The number of hydrogen-bond acceptors (Lipinski definition) is 2. The maximum absolute atomic E-state index is 8.08. The number of ether oxygens (including phenoxy) is 1. The zero-order valence-corrected chi connectivity index (χ0v) is 10.8. The molecular formula is C17H21NO. The molecule has 0 saturated carbocycles. The summed E-state index contributed by atoms with van der Waals surface area (Å²) >= 11 is 0. The molecule has 19 heavy (non-hydrogen) atoms. The fourth-order valence-electron chi connectivity index (χ4n) is 1.79. The molecule has 2 heteroatoms. The minimum Gasteiger partial charge on any atom is -0.485 e. The Hall–Kier alpha value is -1.80. The van der Waals surface area contributed by atoms with E-state index in [4.69, 9.17) is 14.3 Å². The van der Waals surface area contributed by atoms with Crippen LogP contribution in [0.25, 0.3) is 0 Å². The molecule has 2 nitrogen and oxygen atoms in total. The van der Waals surface area contributed by atoms with Crippen molar-refractivity contribution in [3.05, 3.63) is 65.6 Å². The maximum atomic E-state index is 8.08. The smallest absolute Gasteiger partial charge is 0.125 e. The molecule has 0 amide bonds. The summed E-state index contributed by atoms with van der Waals surface area (Å²) in [6.45, 7) is -0.510. The van der Waals surface area contributed by atoms with Crippen LogP contribution in [0, 0.1) is 6.92 Å². The van der Waals surface area contributed by atoms with Gasteiger partial charge in [-0.05, 0) is 37.6 Å². The van der Waals surface area contributed by atoms with Gasteiger partial charge in [0.15, 0.2) is 0 Å². The molecule has 0 aliphatic rings. The normalized spacial score (nSPS) is 18.1. The first-order valence-corrected chi connectivity index (χ1v) is 6.15. The minimum atomic E-state index is -2.26. The maximum Gasteiger partial charge on any atom is 0.125 e. The number of benzene rings is 2. The van der Waals surface area contributed by atoms with Crippen molar-refractivity contribution in [3.8, 4) is 5.75 Å². The highest BCUT2D eigenvalue weighted by Gasteiger charge is 2.13. The Morgan fingerprint density at radius 1 is 1.26 bits per heavy atom. The number of rotatable bonds is 6. The van der Waals surface area contributed by atoms with Crippen molar-refractivity contribution in [3.63, 3.8) is 0 Å². The summed E-state index contributed by atoms with van der Waals surface area (Å²) in [5.74, 6) is 0.0822. The molecular weight excluding hydrogens is 234 g/mol. The van der Waals surface area contributed by atoms with Crippen LogP contribution < -0.4 is 10.1 Å². The standard InChI is InChI=1S/C17H21NO/c1-14-8-6-7-11-16(14)19-17(12-13-18-2)15-9-4-3-5-10-15/h3-11,17-18H,12-13H2,1-2H3/i2D3,6D,7D,8D,11D. The van der Waals surface area contributed by atoms with E-state index in [-0.39, 0.29) is 36.5 Å². The van der Waals surface area contributed by atoms with Gasteiger partial charge in [0.1, 0.15) is 11.9 Å². The summed E-state index contributed by atoms with van der Waals surface area (Å²) in [5, 5.41) is 2.44. The molecule has 0 aliphatic heterocycles. The van der Waals surface area contributed by atoms with E-state index in [2.05, 4.69) is 5.32 Å². The lowest BCUT2D eigenvalue weighted by molar-refractivity contribution is 0.193. The molecule has 1 N–H and O–H groups in total. The van der Waals surface area contributed by atoms with Crippen LogP contribution in [0.5, 0.6) is 5.75 Å². The molecule has 2 rings (SSSR count). The Morgan fingerprint density at radius 2 is 2.05 bits per heavy atom. The second kappa shape index (κ2) is 6.95. The third-order valence-electron chi connectivity index (χ3n) is 2.79. The topological polar surface area (TPSA) is 21.3 Å². The monoisotopic (exact) mass is 262 g/mol. The zero-order chi connectivity index (χ0) is 19.5. The summed E-state index contributed by atoms with van der Waals surface area (Å²) in [4.78, 5) is 0. The van der Waals surface area contributed by atoms with E-state index in [0.29, 0.717) is 12.0 Å². The van der Waals surface area contributed by atoms with Crippen molar-refractivity contribution < 1.29 is 14.3 Å². The third-order valence-corrected chi connectivity index (χ3v) is 2.79. The van der Waals surface area contributed by atoms with Gasteiger partial charge < -0.3 is 10.1 Å². The van der Waals surface area contributed by atoms with Crippen LogP contribution in [0.15, 0.2) is 54.5 Å². The van der Waals surface area contributed by atoms with Crippen LogP contribution in [-0.2, 0) is 0 Å². The van der Waals surface area contributed by atoms with Gasteiger partial charge in [0.05, 0.1) is 5.48 Å². The summed E-state index contributed by atoms with van der Waals surface area (Å²) in [5.41, 5.74) is 1.12. The lowest BCUT2D eigenvalue weighted by Crippen LogP contribution is -2.16. The first-order chi connectivity index (χ1) is 12.1. The third kappa shape index (κ3) is 3.83. The van der Waals surface area contributed by atoms with Crippen molar-refractivity contribution in [1.82, 2.24) is 5.32 Å². The molecule has 100 valence electrons. The van der Waals surface area contributed by atoms with Crippen LogP contribution in [0.1, 0.15) is 33.2 Å². The van der Waals surface area contributed by atoms with E-state index in [1.54, 1.807) is 6.92 Å². The van der Waals surface area contributed by atoms with E-state index in [9.17, 15) is 0 Å². The van der Waals surface area contributed by atoms with Gasteiger partial charge >= 0.3 is 0 Å². The Kier molecular flexibility index (Phi) is 2.60. The van der Waals surface area contributed by atoms with Gasteiger partial charge in [0, 0.05) is 10.5 Å². The van der Waals surface area contributed by atoms with E-state index in [1.807, 2.05) is 30.3 Å². The van der Waals surface area contributed by atoms with Crippen LogP contribution >= 0.6 is 0 Å². The van der Waals surface area contributed by atoms with E-state index in [0.717, 1.165) is 5.56 Å². The molecule has 0 radical (unpaired) electrons. The van der Waals surface area contributed by atoms with Gasteiger partial charge in [0.25, 0.3) is 0 Å². The molecule has 1 atom stereocenters. The highest BCUT2D eigenvalue weighted by molar-refractivity contribution is 5.33. The highest BCUT2D eigenvalue weighted by Crippen LogP contribution is 2.26. The Labute approximate surface area is 125 Å². The van der Waals surface area contributed by atoms with Gasteiger partial charge in [-0.1, -0.05) is 48.5 Å². The SMILES string of the molecule is [2H]c1c([2H])c([2H])c(OC(CCNC([2H])([2H])[2H])c2ccccc2)c(C)c1[2H]. The van der Waals surface area contributed by atoms with Gasteiger partial charge in [-0.25, -0.2) is 0 Å². The Bertz CT molecular complexity index is 733. The van der Waals surface area contributed by atoms with Crippen LogP contribution in [0.3, 0.4) is 0 Å². The van der Waals surface area contributed by atoms with Crippen molar-refractivity contribution >= 4 is 0 Å². The van der Waals surface area contributed by atoms with E-state index < -0.39 is 13.1 Å². The molecule has 2 aromatic rings. The van der Waals surface area contributed by atoms with Crippen molar-refractivity contribution in [2.75, 3.05) is 13.5 Å². The first-order valence-electron chi connectivity index (χ1n) is 9.65. The lowest BCUT2D eigenvalue weighted by atomic mass is 10.1. The summed E-state index contributed by atoms with van der Waals surface area (Å²) in [7, 11) is 0. The molecule has 0 aromatic heterocycles. The van der Waals surface area contributed by atoms with Crippen LogP contribution in [0.2, 0.25) is 0 Å². The molecule has 2 aromatic carbocycles. The minimum absolute atomic E-state index is 0.0822. The highest BCUT2D eigenvalue weighted by atomic mass is 16.5. The molecule has 1 unspecified atom stereocenters. The van der Waals surface area contributed by atoms with Crippen LogP contribution in [0.4, 0.5) is 0 Å². The predicted octanol–water partition coefficient (Wildman–Crippen LogP) is 3.72. The average Bonchev–Trinajstić information content (AvgIpc) is 2.60. The Morgan fingerprint density at radius 3 is 2.84 bits per heavy atom. The Balaban J connectivity index is 2.33.